The fraction of sp³-hybridized carbons (Fsp3) is 0.143. The van der Waals surface area contributed by atoms with Crippen LogP contribution in [0.15, 0.2) is 58.3 Å². The van der Waals surface area contributed by atoms with E-state index in [9.17, 15) is 0 Å². The van der Waals surface area contributed by atoms with Gasteiger partial charge in [0, 0.05) is 6.54 Å². The van der Waals surface area contributed by atoms with E-state index in [0.717, 1.165) is 12.0 Å². The average molecular weight is 239 g/mol. The van der Waals surface area contributed by atoms with Crippen LogP contribution in [0.3, 0.4) is 0 Å². The van der Waals surface area contributed by atoms with Crippen LogP contribution < -0.4 is 5.32 Å². The minimum absolute atomic E-state index is 0.544. The lowest BCUT2D eigenvalue weighted by Crippen LogP contribution is -2.19. The van der Waals surface area contributed by atoms with E-state index in [-0.39, 0.29) is 0 Å². The van der Waals surface area contributed by atoms with Crippen molar-refractivity contribution < 1.29 is 4.42 Å². The number of hydrogen-bond donors (Lipinski definition) is 1. The first-order valence-corrected chi connectivity index (χ1v) is 5.66. The maximum absolute atomic E-state index is 8.68. The molecule has 0 aliphatic heterocycles. The zero-order valence-corrected chi connectivity index (χ0v) is 9.84. The van der Waals surface area contributed by atoms with Crippen LogP contribution in [0.25, 0.3) is 0 Å². The lowest BCUT2D eigenvalue weighted by atomic mass is 10.1. The quantitative estimate of drug-likeness (QED) is 0.385. The summed E-state index contributed by atoms with van der Waals surface area (Å²) in [5.74, 6) is 0.544. The number of nitrogens with zero attached hydrogens (tertiary/aromatic N) is 2. The molecule has 0 saturated heterocycles. The maximum atomic E-state index is 8.68. The molecule has 1 aromatic carbocycles. The van der Waals surface area contributed by atoms with Crippen LogP contribution >= 0.6 is 0 Å². The SMILES string of the molecule is N#CNC(=NCCc1ccccc1)c1ccoc1. The van der Waals surface area contributed by atoms with Crippen molar-refractivity contribution in [2.24, 2.45) is 4.99 Å². The zero-order chi connectivity index (χ0) is 12.6. The number of nitrogens with one attached hydrogen (secondary N) is 1. The first kappa shape index (κ1) is 11.9. The first-order valence-electron chi connectivity index (χ1n) is 5.66. The Balaban J connectivity index is 2.00. The summed E-state index contributed by atoms with van der Waals surface area (Å²) in [7, 11) is 0. The van der Waals surface area contributed by atoms with Gasteiger partial charge in [-0.2, -0.15) is 5.26 Å². The van der Waals surface area contributed by atoms with Crippen LogP contribution in [0, 0.1) is 11.5 Å². The molecule has 1 aromatic heterocycles. The smallest absolute Gasteiger partial charge is 0.182 e. The van der Waals surface area contributed by atoms with Gasteiger partial charge in [-0.3, -0.25) is 10.3 Å². The molecular weight excluding hydrogens is 226 g/mol. The van der Waals surface area contributed by atoms with Gasteiger partial charge in [-0.05, 0) is 18.1 Å². The number of benzene rings is 1. The Kier molecular flexibility index (Phi) is 4.15. The molecule has 4 heteroatoms. The van der Waals surface area contributed by atoms with Crippen molar-refractivity contribution in [3.8, 4) is 6.19 Å². The third kappa shape index (κ3) is 3.22. The molecule has 90 valence electrons. The van der Waals surface area contributed by atoms with Gasteiger partial charge in [-0.15, -0.1) is 0 Å². The summed E-state index contributed by atoms with van der Waals surface area (Å²) in [6, 6.07) is 11.9. The monoisotopic (exact) mass is 239 g/mol. The number of amidine groups is 1. The Morgan fingerprint density at radius 1 is 1.28 bits per heavy atom. The summed E-state index contributed by atoms with van der Waals surface area (Å²) in [4.78, 5) is 4.37. The summed E-state index contributed by atoms with van der Waals surface area (Å²) in [5.41, 5.74) is 2.01. The van der Waals surface area contributed by atoms with Crippen molar-refractivity contribution in [2.45, 2.75) is 6.42 Å². The zero-order valence-electron chi connectivity index (χ0n) is 9.84. The highest BCUT2D eigenvalue weighted by atomic mass is 16.3. The lowest BCUT2D eigenvalue weighted by molar-refractivity contribution is 0.566. The van der Waals surface area contributed by atoms with Crippen LogP contribution in [-0.2, 0) is 6.42 Å². The van der Waals surface area contributed by atoms with Gasteiger partial charge >= 0.3 is 0 Å². The van der Waals surface area contributed by atoms with Gasteiger partial charge in [0.05, 0.1) is 11.8 Å². The van der Waals surface area contributed by atoms with Gasteiger partial charge in [-0.25, -0.2) is 0 Å². The normalized spacial score (nSPS) is 10.9. The molecule has 0 aliphatic carbocycles. The highest BCUT2D eigenvalue weighted by Crippen LogP contribution is 2.03. The predicted octanol–water partition coefficient (Wildman–Crippen LogP) is 2.34. The minimum atomic E-state index is 0.544. The van der Waals surface area contributed by atoms with Crippen LogP contribution in [0.5, 0.6) is 0 Å². The van der Waals surface area contributed by atoms with Crippen LogP contribution in [-0.4, -0.2) is 12.4 Å². The molecule has 2 aromatic rings. The maximum Gasteiger partial charge on any atom is 0.182 e. The molecule has 0 aliphatic rings. The molecule has 18 heavy (non-hydrogen) atoms. The van der Waals surface area contributed by atoms with Crippen molar-refractivity contribution in [3.63, 3.8) is 0 Å². The van der Waals surface area contributed by atoms with Crippen molar-refractivity contribution in [3.05, 3.63) is 60.1 Å². The lowest BCUT2D eigenvalue weighted by Gasteiger charge is -2.01. The van der Waals surface area contributed by atoms with E-state index in [1.807, 2.05) is 24.4 Å². The standard InChI is InChI=1S/C14H13N3O/c15-11-17-14(13-7-9-18-10-13)16-8-6-12-4-2-1-3-5-12/h1-5,7,9-10H,6,8H2,(H,16,17). The number of furan rings is 1. The summed E-state index contributed by atoms with van der Waals surface area (Å²) >= 11 is 0. The van der Waals surface area contributed by atoms with Crippen molar-refractivity contribution >= 4 is 5.84 Å². The molecular formula is C14H13N3O. The second-order valence-corrected chi connectivity index (χ2v) is 3.71. The van der Waals surface area contributed by atoms with Gasteiger partial charge in [0.15, 0.2) is 6.19 Å². The van der Waals surface area contributed by atoms with Crippen LogP contribution in [0.2, 0.25) is 0 Å². The molecule has 0 unspecified atom stereocenters. The molecule has 0 spiro atoms. The number of nitriles is 1. The molecule has 0 bridgehead atoms. The molecule has 0 atom stereocenters. The van der Waals surface area contributed by atoms with E-state index < -0.39 is 0 Å². The van der Waals surface area contributed by atoms with Gasteiger partial charge in [0.2, 0.25) is 0 Å². The van der Waals surface area contributed by atoms with E-state index in [4.69, 9.17) is 9.68 Å². The Hall–Kier alpha value is -2.54. The van der Waals surface area contributed by atoms with Crippen molar-refractivity contribution in [1.82, 2.24) is 5.32 Å². The predicted molar refractivity (Wildman–Crippen MR) is 69.0 cm³/mol. The molecule has 0 radical (unpaired) electrons. The van der Waals surface area contributed by atoms with E-state index >= 15 is 0 Å². The summed E-state index contributed by atoms with van der Waals surface area (Å²) in [6.07, 6.45) is 5.84. The van der Waals surface area contributed by atoms with Gasteiger partial charge < -0.3 is 4.42 Å². The largest absolute Gasteiger partial charge is 0.472 e. The van der Waals surface area contributed by atoms with E-state index in [0.29, 0.717) is 12.4 Å². The topological polar surface area (TPSA) is 61.3 Å². The Morgan fingerprint density at radius 3 is 2.78 bits per heavy atom. The van der Waals surface area contributed by atoms with E-state index in [2.05, 4.69) is 22.4 Å². The molecule has 4 nitrogen and oxygen atoms in total. The number of hydrogen-bond acceptors (Lipinski definition) is 3. The highest BCUT2D eigenvalue weighted by molar-refractivity contribution is 5.99. The fourth-order valence-corrected chi connectivity index (χ4v) is 1.60. The third-order valence-electron chi connectivity index (χ3n) is 2.48. The second kappa shape index (κ2) is 6.26. The summed E-state index contributed by atoms with van der Waals surface area (Å²) < 4.78 is 4.98. The number of aliphatic imine (C=N–C) groups is 1. The Bertz CT molecular complexity index is 538. The summed E-state index contributed by atoms with van der Waals surface area (Å²) in [5, 5.41) is 11.2. The third-order valence-corrected chi connectivity index (χ3v) is 2.48. The van der Waals surface area contributed by atoms with E-state index in [1.165, 1.54) is 5.56 Å². The van der Waals surface area contributed by atoms with Gasteiger partial charge in [0.1, 0.15) is 12.1 Å². The number of rotatable bonds is 4. The van der Waals surface area contributed by atoms with Crippen LogP contribution in [0.1, 0.15) is 11.1 Å². The highest BCUT2D eigenvalue weighted by Gasteiger charge is 2.03. The second-order valence-electron chi connectivity index (χ2n) is 3.71. The summed E-state index contributed by atoms with van der Waals surface area (Å²) in [6.45, 7) is 0.624. The van der Waals surface area contributed by atoms with Crippen molar-refractivity contribution in [2.75, 3.05) is 6.54 Å². The van der Waals surface area contributed by atoms with Crippen LogP contribution in [0.4, 0.5) is 0 Å². The van der Waals surface area contributed by atoms with Crippen molar-refractivity contribution in [1.29, 1.82) is 5.26 Å². The molecule has 0 saturated carbocycles. The Labute approximate surface area is 106 Å². The van der Waals surface area contributed by atoms with E-state index in [1.54, 1.807) is 18.6 Å². The fourth-order valence-electron chi connectivity index (χ4n) is 1.60. The first-order chi connectivity index (χ1) is 8.90. The van der Waals surface area contributed by atoms with Gasteiger partial charge in [-0.1, -0.05) is 30.3 Å². The molecule has 0 amide bonds. The molecule has 1 N–H and O–H groups in total. The average Bonchev–Trinajstić information content (AvgIpc) is 2.93. The minimum Gasteiger partial charge on any atom is -0.472 e. The molecule has 0 fully saturated rings. The van der Waals surface area contributed by atoms with Gasteiger partial charge in [0.25, 0.3) is 0 Å². The molecule has 1 heterocycles. The molecule has 2 rings (SSSR count). The Morgan fingerprint density at radius 2 is 2.11 bits per heavy atom.